The zero-order valence-electron chi connectivity index (χ0n) is 13.2. The molecular formula is C17H27ClN2. The van der Waals surface area contributed by atoms with Crippen LogP contribution in [0.1, 0.15) is 38.3 Å². The van der Waals surface area contributed by atoms with Crippen LogP contribution < -0.4 is 5.32 Å². The van der Waals surface area contributed by atoms with Crippen LogP contribution in [0.3, 0.4) is 0 Å². The van der Waals surface area contributed by atoms with E-state index in [4.69, 9.17) is 11.6 Å². The smallest absolute Gasteiger partial charge is 0.0453 e. The van der Waals surface area contributed by atoms with Crippen molar-refractivity contribution in [1.82, 2.24) is 10.2 Å². The number of rotatable bonds is 2. The molecule has 0 saturated carbocycles. The van der Waals surface area contributed by atoms with E-state index in [0.29, 0.717) is 11.5 Å². The molecule has 1 aliphatic rings. The molecule has 2 rings (SSSR count). The topological polar surface area (TPSA) is 15.3 Å². The molecule has 20 heavy (non-hydrogen) atoms. The van der Waals surface area contributed by atoms with Crippen LogP contribution in [-0.2, 0) is 6.54 Å². The molecule has 0 aliphatic carbocycles. The SMILES string of the molecule is Cc1ccc(CN2CCCNC(C(C)(C)C)C2)c(Cl)c1. The highest BCUT2D eigenvalue weighted by Crippen LogP contribution is 2.24. The summed E-state index contributed by atoms with van der Waals surface area (Å²) in [5, 5.41) is 4.58. The first-order valence-corrected chi connectivity index (χ1v) is 7.95. The fourth-order valence-corrected chi connectivity index (χ4v) is 3.03. The first-order valence-electron chi connectivity index (χ1n) is 7.57. The predicted octanol–water partition coefficient (Wildman–Crippen LogP) is 3.86. The Balaban J connectivity index is 2.07. The molecule has 1 heterocycles. The summed E-state index contributed by atoms with van der Waals surface area (Å²) in [6.45, 7) is 13.3. The molecule has 1 saturated heterocycles. The summed E-state index contributed by atoms with van der Waals surface area (Å²) in [4.78, 5) is 2.53. The largest absolute Gasteiger partial charge is 0.312 e. The molecule has 2 nitrogen and oxygen atoms in total. The van der Waals surface area contributed by atoms with Crippen molar-refractivity contribution < 1.29 is 0 Å². The number of nitrogens with one attached hydrogen (secondary N) is 1. The molecule has 0 bridgehead atoms. The molecule has 0 amide bonds. The highest BCUT2D eigenvalue weighted by Gasteiger charge is 2.28. The van der Waals surface area contributed by atoms with E-state index in [1.807, 2.05) is 0 Å². The maximum Gasteiger partial charge on any atom is 0.0453 e. The van der Waals surface area contributed by atoms with Crippen LogP contribution in [0.2, 0.25) is 5.02 Å². The quantitative estimate of drug-likeness (QED) is 0.891. The van der Waals surface area contributed by atoms with Gasteiger partial charge < -0.3 is 5.32 Å². The molecule has 1 unspecified atom stereocenters. The van der Waals surface area contributed by atoms with Crippen LogP contribution in [0, 0.1) is 12.3 Å². The van der Waals surface area contributed by atoms with Gasteiger partial charge in [-0.1, -0.05) is 44.5 Å². The molecule has 0 radical (unpaired) electrons. The van der Waals surface area contributed by atoms with E-state index >= 15 is 0 Å². The average Bonchev–Trinajstić information content (AvgIpc) is 2.58. The van der Waals surface area contributed by atoms with E-state index < -0.39 is 0 Å². The fourth-order valence-electron chi connectivity index (χ4n) is 2.74. The van der Waals surface area contributed by atoms with Crippen molar-refractivity contribution in [3.63, 3.8) is 0 Å². The van der Waals surface area contributed by atoms with Crippen LogP contribution in [-0.4, -0.2) is 30.6 Å². The molecule has 1 aliphatic heterocycles. The zero-order chi connectivity index (χ0) is 14.8. The summed E-state index contributed by atoms with van der Waals surface area (Å²) in [6.07, 6.45) is 1.20. The van der Waals surface area contributed by atoms with Crippen molar-refractivity contribution in [2.75, 3.05) is 19.6 Å². The lowest BCUT2D eigenvalue weighted by atomic mass is 9.86. The van der Waals surface area contributed by atoms with Gasteiger partial charge in [-0.05, 0) is 49.0 Å². The summed E-state index contributed by atoms with van der Waals surface area (Å²) in [5.41, 5.74) is 2.76. The minimum atomic E-state index is 0.291. The van der Waals surface area contributed by atoms with Crippen molar-refractivity contribution in [2.24, 2.45) is 5.41 Å². The van der Waals surface area contributed by atoms with Crippen molar-refractivity contribution in [3.8, 4) is 0 Å². The van der Waals surface area contributed by atoms with E-state index in [2.05, 4.69) is 56.1 Å². The summed E-state index contributed by atoms with van der Waals surface area (Å²) < 4.78 is 0. The van der Waals surface area contributed by atoms with E-state index in [-0.39, 0.29) is 0 Å². The van der Waals surface area contributed by atoms with Gasteiger partial charge in [-0.3, -0.25) is 4.90 Å². The van der Waals surface area contributed by atoms with Gasteiger partial charge in [0.25, 0.3) is 0 Å². The monoisotopic (exact) mass is 294 g/mol. The Morgan fingerprint density at radius 1 is 1.35 bits per heavy atom. The number of aryl methyl sites for hydroxylation is 1. The molecule has 0 aromatic heterocycles. The minimum absolute atomic E-state index is 0.291. The Labute approximate surface area is 128 Å². The van der Waals surface area contributed by atoms with Crippen molar-refractivity contribution in [3.05, 3.63) is 34.3 Å². The van der Waals surface area contributed by atoms with Gasteiger partial charge in [0.2, 0.25) is 0 Å². The van der Waals surface area contributed by atoms with E-state index in [1.54, 1.807) is 0 Å². The minimum Gasteiger partial charge on any atom is -0.312 e. The van der Waals surface area contributed by atoms with E-state index in [1.165, 1.54) is 17.5 Å². The van der Waals surface area contributed by atoms with Gasteiger partial charge in [0.1, 0.15) is 0 Å². The van der Waals surface area contributed by atoms with Gasteiger partial charge in [-0.25, -0.2) is 0 Å². The number of hydrogen-bond acceptors (Lipinski definition) is 2. The van der Waals surface area contributed by atoms with Crippen molar-refractivity contribution >= 4 is 11.6 Å². The Morgan fingerprint density at radius 3 is 2.75 bits per heavy atom. The fraction of sp³-hybridized carbons (Fsp3) is 0.647. The second-order valence-electron chi connectivity index (χ2n) is 7.06. The lowest BCUT2D eigenvalue weighted by Crippen LogP contribution is -2.46. The molecule has 1 atom stereocenters. The van der Waals surface area contributed by atoms with Crippen molar-refractivity contribution in [2.45, 2.75) is 46.7 Å². The average molecular weight is 295 g/mol. The summed E-state index contributed by atoms with van der Waals surface area (Å²) in [5.74, 6) is 0. The summed E-state index contributed by atoms with van der Waals surface area (Å²) in [6, 6.07) is 6.92. The predicted molar refractivity (Wildman–Crippen MR) is 87.3 cm³/mol. The van der Waals surface area contributed by atoms with Gasteiger partial charge in [0, 0.05) is 24.2 Å². The molecule has 1 N–H and O–H groups in total. The second kappa shape index (κ2) is 6.46. The lowest BCUT2D eigenvalue weighted by molar-refractivity contribution is 0.192. The molecule has 1 aromatic rings. The second-order valence-corrected chi connectivity index (χ2v) is 7.46. The highest BCUT2D eigenvalue weighted by molar-refractivity contribution is 6.31. The number of benzene rings is 1. The van der Waals surface area contributed by atoms with Crippen molar-refractivity contribution in [1.29, 1.82) is 0 Å². The van der Waals surface area contributed by atoms with Crippen LogP contribution in [0.25, 0.3) is 0 Å². The van der Waals surface area contributed by atoms with Gasteiger partial charge in [0.15, 0.2) is 0 Å². The zero-order valence-corrected chi connectivity index (χ0v) is 13.9. The maximum atomic E-state index is 6.37. The first kappa shape index (κ1) is 15.8. The third kappa shape index (κ3) is 4.21. The summed E-state index contributed by atoms with van der Waals surface area (Å²) in [7, 11) is 0. The molecule has 0 spiro atoms. The first-order chi connectivity index (χ1) is 9.36. The lowest BCUT2D eigenvalue weighted by Gasteiger charge is -2.33. The van der Waals surface area contributed by atoms with E-state index in [9.17, 15) is 0 Å². The van der Waals surface area contributed by atoms with Crippen LogP contribution >= 0.6 is 11.6 Å². The Kier molecular flexibility index (Phi) is 5.11. The summed E-state index contributed by atoms with van der Waals surface area (Å²) >= 11 is 6.37. The third-order valence-electron chi connectivity index (χ3n) is 4.13. The maximum absolute atomic E-state index is 6.37. The highest BCUT2D eigenvalue weighted by atomic mass is 35.5. The standard InChI is InChI=1S/C17H27ClN2/c1-13-6-7-14(15(18)10-13)11-20-9-5-8-19-16(12-20)17(2,3)4/h6-7,10,16,19H,5,8-9,11-12H2,1-4H3. The molecule has 112 valence electrons. The van der Waals surface area contributed by atoms with Gasteiger partial charge in [-0.15, -0.1) is 0 Å². The molecular weight excluding hydrogens is 268 g/mol. The Bertz CT molecular complexity index is 451. The van der Waals surface area contributed by atoms with Gasteiger partial charge in [-0.2, -0.15) is 0 Å². The van der Waals surface area contributed by atoms with Crippen LogP contribution in [0.5, 0.6) is 0 Å². The Hall–Kier alpha value is -0.570. The van der Waals surface area contributed by atoms with E-state index in [0.717, 1.165) is 31.2 Å². The van der Waals surface area contributed by atoms with Gasteiger partial charge >= 0.3 is 0 Å². The Morgan fingerprint density at radius 2 is 2.10 bits per heavy atom. The molecule has 1 fully saturated rings. The van der Waals surface area contributed by atoms with Crippen LogP contribution in [0.4, 0.5) is 0 Å². The number of nitrogens with zero attached hydrogens (tertiary/aromatic N) is 1. The molecule has 3 heteroatoms. The normalized spacial score (nSPS) is 21.8. The third-order valence-corrected chi connectivity index (χ3v) is 4.48. The number of halogens is 1. The van der Waals surface area contributed by atoms with Gasteiger partial charge in [0.05, 0.1) is 0 Å². The van der Waals surface area contributed by atoms with Crippen LogP contribution in [0.15, 0.2) is 18.2 Å². The number of hydrogen-bond donors (Lipinski definition) is 1. The molecule has 1 aromatic carbocycles.